The zero-order chi connectivity index (χ0) is 19.9. The highest BCUT2D eigenvalue weighted by Crippen LogP contribution is 2.40. The van der Waals surface area contributed by atoms with E-state index >= 15 is 0 Å². The highest BCUT2D eigenvalue weighted by atomic mass is 17.2. The first kappa shape index (κ1) is 24.4. The molecule has 0 aromatic rings. The van der Waals surface area contributed by atoms with E-state index in [4.69, 9.17) is 9.78 Å². The highest BCUT2D eigenvalue weighted by molar-refractivity contribution is 5.68. The van der Waals surface area contributed by atoms with Crippen molar-refractivity contribution in [1.29, 1.82) is 0 Å². The number of unbranched alkanes of at least 4 members (excludes halogenated alkanes) is 2. The predicted molar refractivity (Wildman–Crippen MR) is 106 cm³/mol. The molecule has 0 saturated carbocycles. The SMILES string of the molecule is CC(C)(C)CCCCCC(=O)OOC(C)(C)CC(C)(C)CC(C)(C)C. The number of hydrogen-bond donors (Lipinski definition) is 0. The van der Waals surface area contributed by atoms with E-state index in [0.29, 0.717) is 11.8 Å². The van der Waals surface area contributed by atoms with Gasteiger partial charge in [0.05, 0.1) is 0 Å². The maximum atomic E-state index is 11.9. The Morgan fingerprint density at radius 3 is 1.76 bits per heavy atom. The van der Waals surface area contributed by atoms with Crippen LogP contribution in [-0.2, 0) is 14.6 Å². The molecule has 0 amide bonds. The lowest BCUT2D eigenvalue weighted by molar-refractivity contribution is -0.330. The Labute approximate surface area is 157 Å². The van der Waals surface area contributed by atoms with Crippen LogP contribution in [0.15, 0.2) is 0 Å². The summed E-state index contributed by atoms with van der Waals surface area (Å²) < 4.78 is 0. The number of carbonyl (C=O) groups excluding carboxylic acids is 1. The smallest absolute Gasteiger partial charge is 0.298 e. The monoisotopic (exact) mass is 356 g/mol. The van der Waals surface area contributed by atoms with Gasteiger partial charge in [0.15, 0.2) is 0 Å². The molecule has 25 heavy (non-hydrogen) atoms. The van der Waals surface area contributed by atoms with E-state index in [9.17, 15) is 4.79 Å². The van der Waals surface area contributed by atoms with Crippen molar-refractivity contribution in [2.45, 2.75) is 120 Å². The van der Waals surface area contributed by atoms with E-state index < -0.39 is 5.60 Å². The standard InChI is InChI=1S/C22H44O3/c1-19(2,3)15-13-11-12-14-18(23)24-25-22(9,10)17-21(7,8)16-20(4,5)6/h11-17H2,1-10H3. The van der Waals surface area contributed by atoms with Crippen molar-refractivity contribution < 1.29 is 14.6 Å². The Morgan fingerprint density at radius 1 is 0.720 bits per heavy atom. The zero-order valence-electron chi connectivity index (χ0n) is 18.7. The van der Waals surface area contributed by atoms with Crippen LogP contribution < -0.4 is 0 Å². The molecule has 0 radical (unpaired) electrons. The van der Waals surface area contributed by atoms with Gasteiger partial charge in [-0.05, 0) is 55.8 Å². The number of rotatable bonds is 10. The molecule has 0 aromatic heterocycles. The molecule has 3 nitrogen and oxygen atoms in total. The average Bonchev–Trinajstić information content (AvgIpc) is 2.30. The maximum Gasteiger partial charge on any atom is 0.342 e. The minimum atomic E-state index is -0.476. The molecule has 0 unspecified atom stereocenters. The van der Waals surface area contributed by atoms with E-state index in [1.807, 2.05) is 13.8 Å². The van der Waals surface area contributed by atoms with Crippen LogP contribution in [0.5, 0.6) is 0 Å². The second-order valence-electron chi connectivity index (χ2n) is 11.5. The first-order valence-electron chi connectivity index (χ1n) is 9.90. The van der Waals surface area contributed by atoms with E-state index in [2.05, 4.69) is 55.4 Å². The summed E-state index contributed by atoms with van der Waals surface area (Å²) in [5.74, 6) is -0.252. The van der Waals surface area contributed by atoms with Gasteiger partial charge in [0.25, 0.3) is 0 Å². The summed E-state index contributed by atoms with van der Waals surface area (Å²) >= 11 is 0. The lowest BCUT2D eigenvalue weighted by Crippen LogP contribution is -2.34. The van der Waals surface area contributed by atoms with Crippen LogP contribution in [0, 0.1) is 16.2 Å². The zero-order valence-corrected chi connectivity index (χ0v) is 18.7. The normalized spacial score (nSPS) is 13.8. The molecule has 0 bridgehead atoms. The molecule has 0 aliphatic heterocycles. The van der Waals surface area contributed by atoms with Gasteiger partial charge in [-0.3, -0.25) is 4.89 Å². The van der Waals surface area contributed by atoms with Gasteiger partial charge in [-0.2, -0.15) is 4.89 Å². The lowest BCUT2D eigenvalue weighted by atomic mass is 9.71. The molecule has 0 fully saturated rings. The van der Waals surface area contributed by atoms with Gasteiger partial charge in [0.2, 0.25) is 0 Å². The van der Waals surface area contributed by atoms with Crippen molar-refractivity contribution in [2.24, 2.45) is 16.2 Å². The van der Waals surface area contributed by atoms with Crippen molar-refractivity contribution >= 4 is 5.97 Å². The highest BCUT2D eigenvalue weighted by Gasteiger charge is 2.34. The Hall–Kier alpha value is -0.570. The van der Waals surface area contributed by atoms with E-state index in [1.165, 1.54) is 6.42 Å². The number of carbonyl (C=O) groups is 1. The fraction of sp³-hybridized carbons (Fsp3) is 0.955. The minimum Gasteiger partial charge on any atom is -0.298 e. The molecule has 0 spiro atoms. The average molecular weight is 357 g/mol. The van der Waals surface area contributed by atoms with Crippen LogP contribution in [0.4, 0.5) is 0 Å². The van der Waals surface area contributed by atoms with E-state index in [-0.39, 0.29) is 16.8 Å². The molecule has 3 heteroatoms. The number of hydrogen-bond acceptors (Lipinski definition) is 3. The third-order valence-corrected chi connectivity index (χ3v) is 4.08. The molecule has 0 atom stereocenters. The molecule has 0 aliphatic carbocycles. The van der Waals surface area contributed by atoms with Crippen LogP contribution in [0.1, 0.15) is 114 Å². The Kier molecular flexibility index (Phi) is 9.18. The van der Waals surface area contributed by atoms with Crippen LogP contribution in [0.25, 0.3) is 0 Å². The summed E-state index contributed by atoms with van der Waals surface area (Å²) in [6, 6.07) is 0. The van der Waals surface area contributed by atoms with E-state index in [0.717, 1.165) is 32.1 Å². The fourth-order valence-corrected chi connectivity index (χ4v) is 3.98. The summed E-state index contributed by atoms with van der Waals surface area (Å²) in [5, 5.41) is 0. The Morgan fingerprint density at radius 2 is 1.28 bits per heavy atom. The maximum absolute atomic E-state index is 11.9. The van der Waals surface area contributed by atoms with Crippen molar-refractivity contribution in [2.75, 3.05) is 0 Å². The summed E-state index contributed by atoms with van der Waals surface area (Å²) in [7, 11) is 0. The molecule has 0 aromatic carbocycles. The first-order chi connectivity index (χ1) is 11.0. The van der Waals surface area contributed by atoms with E-state index in [1.54, 1.807) is 0 Å². The van der Waals surface area contributed by atoms with Gasteiger partial charge in [-0.25, -0.2) is 4.79 Å². The second kappa shape index (κ2) is 9.39. The Bertz CT molecular complexity index is 394. The van der Waals surface area contributed by atoms with Crippen molar-refractivity contribution in [3.05, 3.63) is 0 Å². The van der Waals surface area contributed by atoms with Crippen LogP contribution in [0.2, 0.25) is 0 Å². The molecule has 0 aliphatic rings. The van der Waals surface area contributed by atoms with Gasteiger partial charge in [0, 0.05) is 6.42 Å². The van der Waals surface area contributed by atoms with Crippen molar-refractivity contribution in [3.63, 3.8) is 0 Å². The summed E-state index contributed by atoms with van der Waals surface area (Å²) in [6.45, 7) is 22.0. The summed E-state index contributed by atoms with van der Waals surface area (Å²) in [4.78, 5) is 22.5. The second-order valence-corrected chi connectivity index (χ2v) is 11.5. The summed E-state index contributed by atoms with van der Waals surface area (Å²) in [5.41, 5.74) is 0.286. The van der Waals surface area contributed by atoms with Gasteiger partial charge in [-0.15, -0.1) is 0 Å². The van der Waals surface area contributed by atoms with Crippen LogP contribution >= 0.6 is 0 Å². The van der Waals surface area contributed by atoms with Gasteiger partial charge >= 0.3 is 5.97 Å². The van der Waals surface area contributed by atoms with Crippen LogP contribution in [-0.4, -0.2) is 11.6 Å². The Balaban J connectivity index is 4.13. The largest absolute Gasteiger partial charge is 0.342 e. The van der Waals surface area contributed by atoms with Gasteiger partial charge < -0.3 is 0 Å². The van der Waals surface area contributed by atoms with Crippen LogP contribution in [0.3, 0.4) is 0 Å². The summed E-state index contributed by atoms with van der Waals surface area (Å²) in [6.07, 6.45) is 6.65. The third-order valence-electron chi connectivity index (χ3n) is 4.08. The first-order valence-corrected chi connectivity index (χ1v) is 9.90. The topological polar surface area (TPSA) is 35.5 Å². The predicted octanol–water partition coefficient (Wildman–Crippen LogP) is 7.09. The molecular weight excluding hydrogens is 312 g/mol. The quantitative estimate of drug-likeness (QED) is 0.238. The third kappa shape index (κ3) is 15.4. The van der Waals surface area contributed by atoms with Gasteiger partial charge in [0.1, 0.15) is 5.60 Å². The van der Waals surface area contributed by atoms with Crippen molar-refractivity contribution in [3.8, 4) is 0 Å². The molecule has 150 valence electrons. The van der Waals surface area contributed by atoms with Crippen molar-refractivity contribution in [1.82, 2.24) is 0 Å². The molecule has 0 heterocycles. The lowest BCUT2D eigenvalue weighted by Gasteiger charge is -2.37. The molecule has 0 saturated heterocycles. The molecule has 0 N–H and O–H groups in total. The molecular formula is C22H44O3. The van der Waals surface area contributed by atoms with Gasteiger partial charge in [-0.1, -0.05) is 68.2 Å². The minimum absolute atomic E-state index is 0.126. The molecule has 0 rings (SSSR count). The fourth-order valence-electron chi connectivity index (χ4n) is 3.98.